The molecular formula is C16H23N3O2S. The highest BCUT2D eigenvalue weighted by molar-refractivity contribution is 7.10. The Labute approximate surface area is 135 Å². The van der Waals surface area contributed by atoms with E-state index in [1.807, 2.05) is 35.4 Å². The lowest BCUT2D eigenvalue weighted by molar-refractivity contribution is -0.128. The van der Waals surface area contributed by atoms with E-state index in [0.717, 1.165) is 30.9 Å². The summed E-state index contributed by atoms with van der Waals surface area (Å²) in [5.41, 5.74) is 0. The predicted octanol–water partition coefficient (Wildman–Crippen LogP) is 1.43. The molecule has 0 spiro atoms. The van der Waals surface area contributed by atoms with E-state index >= 15 is 0 Å². The third kappa shape index (κ3) is 5.27. The van der Waals surface area contributed by atoms with Gasteiger partial charge < -0.3 is 10.2 Å². The second-order valence-corrected chi connectivity index (χ2v) is 6.28. The Morgan fingerprint density at radius 2 is 2.09 bits per heavy atom. The number of carbonyl (C=O) groups excluding carboxylic acids is 2. The maximum atomic E-state index is 12.1. The standard InChI is InChI=1S/C16H23N3O2S/c1-2-7-17-15(20)13-18-8-10-19(11-9-18)16(21)6-5-14-4-3-12-22-14/h3-6,12H,2,7-11,13H2,1H3,(H,17,20)/b6-5+. The summed E-state index contributed by atoms with van der Waals surface area (Å²) in [4.78, 5) is 28.8. The summed E-state index contributed by atoms with van der Waals surface area (Å²) in [5.74, 6) is 0.114. The van der Waals surface area contributed by atoms with Crippen molar-refractivity contribution in [2.24, 2.45) is 0 Å². The molecule has 2 rings (SSSR count). The zero-order valence-electron chi connectivity index (χ0n) is 13.0. The highest BCUT2D eigenvalue weighted by Crippen LogP contribution is 2.11. The van der Waals surface area contributed by atoms with Gasteiger partial charge in [0.05, 0.1) is 6.54 Å². The van der Waals surface area contributed by atoms with E-state index < -0.39 is 0 Å². The molecule has 1 aliphatic heterocycles. The van der Waals surface area contributed by atoms with Crippen molar-refractivity contribution in [3.63, 3.8) is 0 Å². The largest absolute Gasteiger partial charge is 0.355 e. The molecule has 1 saturated heterocycles. The summed E-state index contributed by atoms with van der Waals surface area (Å²) in [6.45, 7) is 6.03. The minimum atomic E-state index is 0.0449. The number of nitrogens with zero attached hydrogens (tertiary/aromatic N) is 2. The van der Waals surface area contributed by atoms with Crippen LogP contribution in [0.5, 0.6) is 0 Å². The molecule has 1 aliphatic rings. The maximum absolute atomic E-state index is 12.1. The van der Waals surface area contributed by atoms with Crippen molar-refractivity contribution in [3.8, 4) is 0 Å². The molecule has 0 atom stereocenters. The van der Waals surface area contributed by atoms with E-state index in [4.69, 9.17) is 0 Å². The minimum Gasteiger partial charge on any atom is -0.355 e. The molecule has 120 valence electrons. The summed E-state index contributed by atoms with van der Waals surface area (Å²) in [5, 5.41) is 4.87. The minimum absolute atomic E-state index is 0.0449. The molecule has 2 amide bonds. The number of rotatable bonds is 6. The molecule has 5 nitrogen and oxygen atoms in total. The van der Waals surface area contributed by atoms with Gasteiger partial charge in [-0.15, -0.1) is 11.3 Å². The molecule has 0 saturated carbocycles. The summed E-state index contributed by atoms with van der Waals surface area (Å²) in [7, 11) is 0. The molecule has 0 radical (unpaired) electrons. The fraction of sp³-hybridized carbons (Fsp3) is 0.500. The first kappa shape index (κ1) is 16.7. The Bertz CT molecular complexity index is 505. The van der Waals surface area contributed by atoms with Crippen molar-refractivity contribution in [2.45, 2.75) is 13.3 Å². The van der Waals surface area contributed by atoms with Crippen molar-refractivity contribution in [2.75, 3.05) is 39.3 Å². The lowest BCUT2D eigenvalue weighted by atomic mass is 10.3. The van der Waals surface area contributed by atoms with E-state index in [1.54, 1.807) is 17.4 Å². The second kappa shape index (κ2) is 8.70. The number of hydrogen-bond donors (Lipinski definition) is 1. The Morgan fingerprint density at radius 1 is 1.32 bits per heavy atom. The lowest BCUT2D eigenvalue weighted by Crippen LogP contribution is -2.50. The van der Waals surface area contributed by atoms with Crippen LogP contribution >= 0.6 is 11.3 Å². The van der Waals surface area contributed by atoms with E-state index in [2.05, 4.69) is 10.2 Å². The van der Waals surface area contributed by atoms with Crippen LogP contribution in [-0.4, -0.2) is 60.9 Å². The number of amides is 2. The molecule has 0 aliphatic carbocycles. The van der Waals surface area contributed by atoms with Gasteiger partial charge in [-0.3, -0.25) is 14.5 Å². The van der Waals surface area contributed by atoms with Gasteiger partial charge >= 0.3 is 0 Å². The van der Waals surface area contributed by atoms with Gasteiger partial charge in [-0.05, 0) is 23.9 Å². The molecule has 0 unspecified atom stereocenters. The first-order valence-corrected chi connectivity index (χ1v) is 8.56. The van der Waals surface area contributed by atoms with Gasteiger partial charge in [0.25, 0.3) is 0 Å². The fourth-order valence-electron chi connectivity index (χ4n) is 2.29. The fourth-order valence-corrected chi connectivity index (χ4v) is 2.91. The Hall–Kier alpha value is -1.66. The van der Waals surface area contributed by atoms with Crippen molar-refractivity contribution < 1.29 is 9.59 Å². The van der Waals surface area contributed by atoms with E-state index in [1.165, 1.54) is 0 Å². The summed E-state index contributed by atoms with van der Waals surface area (Å²) < 4.78 is 0. The van der Waals surface area contributed by atoms with Crippen molar-refractivity contribution in [1.82, 2.24) is 15.1 Å². The lowest BCUT2D eigenvalue weighted by Gasteiger charge is -2.33. The van der Waals surface area contributed by atoms with Gasteiger partial charge in [0, 0.05) is 43.7 Å². The first-order chi connectivity index (χ1) is 10.7. The number of hydrogen-bond acceptors (Lipinski definition) is 4. The third-order valence-electron chi connectivity index (χ3n) is 3.56. The molecule has 0 aromatic carbocycles. The van der Waals surface area contributed by atoms with Crippen LogP contribution in [0, 0.1) is 0 Å². The molecule has 22 heavy (non-hydrogen) atoms. The average Bonchev–Trinajstić information content (AvgIpc) is 3.05. The van der Waals surface area contributed by atoms with Crippen LogP contribution in [-0.2, 0) is 9.59 Å². The SMILES string of the molecule is CCCNC(=O)CN1CCN(C(=O)/C=C/c2cccs2)CC1. The second-order valence-electron chi connectivity index (χ2n) is 5.30. The quantitative estimate of drug-likeness (QED) is 0.807. The Morgan fingerprint density at radius 3 is 2.73 bits per heavy atom. The maximum Gasteiger partial charge on any atom is 0.246 e. The molecule has 0 bridgehead atoms. The van der Waals surface area contributed by atoms with Gasteiger partial charge in [-0.25, -0.2) is 0 Å². The van der Waals surface area contributed by atoms with Crippen molar-refractivity contribution in [1.29, 1.82) is 0 Å². The summed E-state index contributed by atoms with van der Waals surface area (Å²) >= 11 is 1.61. The van der Waals surface area contributed by atoms with Crippen LogP contribution < -0.4 is 5.32 Å². The summed E-state index contributed by atoms with van der Waals surface area (Å²) in [6, 6.07) is 3.96. The van der Waals surface area contributed by atoms with Crippen LogP contribution in [0.1, 0.15) is 18.2 Å². The van der Waals surface area contributed by atoms with Gasteiger partial charge in [0.2, 0.25) is 11.8 Å². The van der Waals surface area contributed by atoms with Gasteiger partial charge in [0.15, 0.2) is 0 Å². The molecule has 1 aromatic heterocycles. The zero-order chi connectivity index (χ0) is 15.8. The Balaban J connectivity index is 1.72. The van der Waals surface area contributed by atoms with E-state index in [-0.39, 0.29) is 11.8 Å². The summed E-state index contributed by atoms with van der Waals surface area (Å²) in [6.07, 6.45) is 4.44. The number of carbonyl (C=O) groups is 2. The smallest absolute Gasteiger partial charge is 0.246 e. The molecular weight excluding hydrogens is 298 g/mol. The number of nitrogens with one attached hydrogen (secondary N) is 1. The van der Waals surface area contributed by atoms with Gasteiger partial charge in [0.1, 0.15) is 0 Å². The van der Waals surface area contributed by atoms with Crippen molar-refractivity contribution in [3.05, 3.63) is 28.5 Å². The van der Waals surface area contributed by atoms with E-state index in [9.17, 15) is 9.59 Å². The first-order valence-electron chi connectivity index (χ1n) is 7.68. The number of piperazine rings is 1. The molecule has 1 fully saturated rings. The Kier molecular flexibility index (Phi) is 6.61. The highest BCUT2D eigenvalue weighted by atomic mass is 32.1. The van der Waals surface area contributed by atoms with Crippen LogP contribution in [0.25, 0.3) is 6.08 Å². The molecule has 1 N–H and O–H groups in total. The highest BCUT2D eigenvalue weighted by Gasteiger charge is 2.20. The van der Waals surface area contributed by atoms with Crippen LogP contribution in [0.3, 0.4) is 0 Å². The number of thiophene rings is 1. The van der Waals surface area contributed by atoms with Crippen LogP contribution in [0.4, 0.5) is 0 Å². The van der Waals surface area contributed by atoms with Crippen molar-refractivity contribution >= 4 is 29.2 Å². The predicted molar refractivity (Wildman–Crippen MR) is 89.7 cm³/mol. The molecule has 1 aromatic rings. The normalized spacial score (nSPS) is 16.1. The van der Waals surface area contributed by atoms with E-state index in [0.29, 0.717) is 19.6 Å². The van der Waals surface area contributed by atoms with Crippen LogP contribution in [0.15, 0.2) is 23.6 Å². The topological polar surface area (TPSA) is 52.7 Å². The zero-order valence-corrected chi connectivity index (χ0v) is 13.8. The molecule has 2 heterocycles. The molecule has 6 heteroatoms. The third-order valence-corrected chi connectivity index (χ3v) is 4.39. The van der Waals surface area contributed by atoms with Gasteiger partial charge in [-0.2, -0.15) is 0 Å². The monoisotopic (exact) mass is 321 g/mol. The van der Waals surface area contributed by atoms with Crippen LogP contribution in [0.2, 0.25) is 0 Å². The average molecular weight is 321 g/mol. The van der Waals surface area contributed by atoms with Gasteiger partial charge in [-0.1, -0.05) is 13.0 Å².